The Hall–Kier alpha value is -1.38. The number of rotatable bonds is 1. The maximum atomic E-state index is 4.67. The fourth-order valence-electron chi connectivity index (χ4n) is 1.75. The van der Waals surface area contributed by atoms with Gasteiger partial charge in [-0.2, -0.15) is 0 Å². The largest absolute Gasteiger partial charge is 0.331 e. The quantitative estimate of drug-likeness (QED) is 0.713. The zero-order valence-electron chi connectivity index (χ0n) is 10.00. The summed E-state index contributed by atoms with van der Waals surface area (Å²) >= 11 is 0. The molecule has 2 aromatic heterocycles. The third-order valence-electron chi connectivity index (χ3n) is 3.08. The van der Waals surface area contributed by atoms with Crippen molar-refractivity contribution in [2.24, 2.45) is 7.05 Å². The Morgan fingerprint density at radius 3 is 2.53 bits per heavy atom. The lowest BCUT2D eigenvalue weighted by molar-refractivity contribution is 0.817. The van der Waals surface area contributed by atoms with Gasteiger partial charge in [-0.15, -0.1) is 0 Å². The zero-order chi connectivity index (χ0) is 11.2. The Morgan fingerprint density at radius 1 is 1.27 bits per heavy atom. The number of hydrogen-bond acceptors (Lipinski definition) is 2. The van der Waals surface area contributed by atoms with Crippen LogP contribution in [0.4, 0.5) is 0 Å². The number of fused-ring (bicyclic) bond motifs is 1. The summed E-state index contributed by atoms with van der Waals surface area (Å²) in [5.41, 5.74) is 5.57. The van der Waals surface area contributed by atoms with Gasteiger partial charge in [0.05, 0.1) is 11.9 Å². The second-order valence-corrected chi connectivity index (χ2v) is 4.39. The summed E-state index contributed by atoms with van der Waals surface area (Å²) in [5.74, 6) is 0.432. The Labute approximate surface area is 90.2 Å². The smallest absolute Gasteiger partial charge is 0.158 e. The van der Waals surface area contributed by atoms with E-state index in [2.05, 4.69) is 42.2 Å². The summed E-state index contributed by atoms with van der Waals surface area (Å²) in [6.07, 6.45) is 1.88. The van der Waals surface area contributed by atoms with Gasteiger partial charge >= 0.3 is 0 Å². The summed E-state index contributed by atoms with van der Waals surface area (Å²) in [5, 5.41) is 0. The number of aromatic nitrogens is 3. The third kappa shape index (κ3) is 1.42. The van der Waals surface area contributed by atoms with E-state index in [1.54, 1.807) is 0 Å². The number of aryl methyl sites for hydroxylation is 2. The van der Waals surface area contributed by atoms with Gasteiger partial charge in [0.2, 0.25) is 0 Å². The van der Waals surface area contributed by atoms with Crippen molar-refractivity contribution in [2.75, 3.05) is 0 Å². The second-order valence-electron chi connectivity index (χ2n) is 4.39. The molecule has 3 nitrogen and oxygen atoms in total. The summed E-state index contributed by atoms with van der Waals surface area (Å²) in [6, 6.07) is 0. The first-order chi connectivity index (χ1) is 7.02. The van der Waals surface area contributed by atoms with Gasteiger partial charge in [-0.3, -0.25) is 0 Å². The molecule has 0 saturated heterocycles. The Morgan fingerprint density at radius 2 is 1.93 bits per heavy atom. The first-order valence-electron chi connectivity index (χ1n) is 5.31. The van der Waals surface area contributed by atoms with E-state index in [1.165, 1.54) is 11.3 Å². The molecule has 0 bridgehead atoms. The molecule has 0 unspecified atom stereocenters. The molecule has 0 atom stereocenters. The average molecular weight is 203 g/mol. The van der Waals surface area contributed by atoms with Crippen LogP contribution in [0, 0.1) is 13.8 Å². The highest BCUT2D eigenvalue weighted by atomic mass is 15.0. The highest BCUT2D eigenvalue weighted by molar-refractivity contribution is 5.77. The standard InChI is InChI=1S/C12H17N3/c1-7(2)10-6-13-12-11(14-10)8(3)9(4)15(12)5/h6-7H,1-5H3. The Kier molecular flexibility index (Phi) is 2.25. The second kappa shape index (κ2) is 3.33. The van der Waals surface area contributed by atoms with Crippen LogP contribution in [0.2, 0.25) is 0 Å². The highest BCUT2D eigenvalue weighted by Gasteiger charge is 2.12. The zero-order valence-corrected chi connectivity index (χ0v) is 10.00. The first-order valence-corrected chi connectivity index (χ1v) is 5.31. The van der Waals surface area contributed by atoms with Crippen LogP contribution in [0.3, 0.4) is 0 Å². The van der Waals surface area contributed by atoms with Crippen molar-refractivity contribution in [2.45, 2.75) is 33.6 Å². The van der Waals surface area contributed by atoms with E-state index in [9.17, 15) is 0 Å². The van der Waals surface area contributed by atoms with Crippen LogP contribution in [-0.4, -0.2) is 14.5 Å². The van der Waals surface area contributed by atoms with E-state index in [1.807, 2.05) is 13.2 Å². The van der Waals surface area contributed by atoms with Crippen LogP contribution in [0.5, 0.6) is 0 Å². The van der Waals surface area contributed by atoms with Gasteiger partial charge in [0.25, 0.3) is 0 Å². The van der Waals surface area contributed by atoms with Crippen molar-refractivity contribution in [3.05, 3.63) is 23.1 Å². The average Bonchev–Trinajstić information content (AvgIpc) is 2.44. The summed E-state index contributed by atoms with van der Waals surface area (Å²) < 4.78 is 2.10. The van der Waals surface area contributed by atoms with Gasteiger partial charge < -0.3 is 4.57 Å². The molecule has 0 fully saturated rings. The molecule has 15 heavy (non-hydrogen) atoms. The predicted molar refractivity (Wildman–Crippen MR) is 62.1 cm³/mol. The molecule has 2 heterocycles. The Balaban J connectivity index is 2.77. The van der Waals surface area contributed by atoms with E-state index >= 15 is 0 Å². The van der Waals surface area contributed by atoms with Crippen molar-refractivity contribution in [1.82, 2.24) is 14.5 Å². The topological polar surface area (TPSA) is 30.7 Å². The molecule has 0 N–H and O–H groups in total. The summed E-state index contributed by atoms with van der Waals surface area (Å²) in [6.45, 7) is 8.49. The van der Waals surface area contributed by atoms with Gasteiger partial charge in [-0.25, -0.2) is 9.97 Å². The maximum Gasteiger partial charge on any atom is 0.158 e. The van der Waals surface area contributed by atoms with Gasteiger partial charge in [0.1, 0.15) is 5.52 Å². The minimum atomic E-state index is 0.432. The first kappa shape index (κ1) is 10.1. The van der Waals surface area contributed by atoms with Crippen molar-refractivity contribution in [3.8, 4) is 0 Å². The minimum Gasteiger partial charge on any atom is -0.331 e. The molecule has 0 spiro atoms. The lowest BCUT2D eigenvalue weighted by Crippen LogP contribution is -1.96. The van der Waals surface area contributed by atoms with E-state index in [0.29, 0.717) is 5.92 Å². The van der Waals surface area contributed by atoms with Crippen LogP contribution in [-0.2, 0) is 7.05 Å². The molecule has 2 aromatic rings. The van der Waals surface area contributed by atoms with Crippen LogP contribution in [0.25, 0.3) is 11.2 Å². The van der Waals surface area contributed by atoms with E-state index in [0.717, 1.165) is 16.9 Å². The molecule has 2 rings (SSSR count). The summed E-state index contributed by atoms with van der Waals surface area (Å²) in [7, 11) is 2.04. The molecule has 3 heteroatoms. The maximum absolute atomic E-state index is 4.67. The van der Waals surface area contributed by atoms with Crippen LogP contribution in [0.1, 0.15) is 36.7 Å². The van der Waals surface area contributed by atoms with E-state index in [-0.39, 0.29) is 0 Å². The van der Waals surface area contributed by atoms with Gasteiger partial charge in [0, 0.05) is 12.7 Å². The SMILES string of the molecule is Cc1c(C)n(C)c2ncc(C(C)C)nc12. The molecule has 0 aliphatic carbocycles. The highest BCUT2D eigenvalue weighted by Crippen LogP contribution is 2.22. The van der Waals surface area contributed by atoms with Gasteiger partial charge in [0.15, 0.2) is 5.65 Å². The molecular weight excluding hydrogens is 186 g/mol. The van der Waals surface area contributed by atoms with Gasteiger partial charge in [-0.1, -0.05) is 13.8 Å². The lowest BCUT2D eigenvalue weighted by atomic mass is 10.1. The molecule has 0 amide bonds. The molecule has 80 valence electrons. The minimum absolute atomic E-state index is 0.432. The lowest BCUT2D eigenvalue weighted by Gasteiger charge is -2.03. The van der Waals surface area contributed by atoms with Crippen molar-refractivity contribution in [1.29, 1.82) is 0 Å². The van der Waals surface area contributed by atoms with Crippen molar-refractivity contribution >= 4 is 11.2 Å². The van der Waals surface area contributed by atoms with Crippen LogP contribution in [0.15, 0.2) is 6.20 Å². The van der Waals surface area contributed by atoms with Crippen molar-refractivity contribution in [3.63, 3.8) is 0 Å². The predicted octanol–water partition coefficient (Wildman–Crippen LogP) is 2.71. The van der Waals surface area contributed by atoms with E-state index in [4.69, 9.17) is 0 Å². The molecule has 0 aliphatic rings. The fourth-order valence-corrected chi connectivity index (χ4v) is 1.75. The molecule has 0 aliphatic heterocycles. The van der Waals surface area contributed by atoms with Crippen LogP contribution < -0.4 is 0 Å². The van der Waals surface area contributed by atoms with Gasteiger partial charge in [-0.05, 0) is 25.3 Å². The third-order valence-corrected chi connectivity index (χ3v) is 3.08. The number of nitrogens with zero attached hydrogens (tertiary/aromatic N) is 3. The normalized spacial score (nSPS) is 11.6. The summed E-state index contributed by atoms with van der Waals surface area (Å²) in [4.78, 5) is 9.16. The monoisotopic (exact) mass is 203 g/mol. The molecule has 0 radical (unpaired) electrons. The fraction of sp³-hybridized carbons (Fsp3) is 0.500. The number of hydrogen-bond donors (Lipinski definition) is 0. The molecule has 0 saturated carbocycles. The molecule has 0 aromatic carbocycles. The van der Waals surface area contributed by atoms with Crippen molar-refractivity contribution < 1.29 is 0 Å². The molecular formula is C12H17N3. The van der Waals surface area contributed by atoms with E-state index < -0.39 is 0 Å². The Bertz CT molecular complexity index is 509. The van der Waals surface area contributed by atoms with Crippen LogP contribution >= 0.6 is 0 Å².